The molecule has 0 atom stereocenters. The summed E-state index contributed by atoms with van der Waals surface area (Å²) in [5.41, 5.74) is 2.32. The summed E-state index contributed by atoms with van der Waals surface area (Å²) in [5, 5.41) is 9.67. The Labute approximate surface area is 141 Å². The minimum atomic E-state index is 0.863. The number of aromatic nitrogens is 3. The zero-order valence-corrected chi connectivity index (χ0v) is 13.9. The third-order valence-corrected chi connectivity index (χ3v) is 4.40. The van der Waals surface area contributed by atoms with Crippen molar-refractivity contribution < 1.29 is 0 Å². The number of rotatable bonds is 6. The molecular weight excluding hydrogens is 302 g/mol. The van der Waals surface area contributed by atoms with Crippen LogP contribution >= 0.6 is 11.8 Å². The number of benzene rings is 2. The maximum atomic E-state index is 4.36. The molecule has 0 N–H and O–H groups in total. The molecule has 0 aliphatic heterocycles. The molecule has 0 amide bonds. The molecule has 0 saturated carbocycles. The van der Waals surface area contributed by atoms with Gasteiger partial charge in [-0.1, -0.05) is 84.6 Å². The van der Waals surface area contributed by atoms with Crippen LogP contribution in [-0.2, 0) is 6.54 Å². The first-order chi connectivity index (χ1) is 11.4. The fourth-order valence-corrected chi connectivity index (χ4v) is 3.16. The monoisotopic (exact) mass is 321 g/mol. The van der Waals surface area contributed by atoms with Crippen LogP contribution in [0.3, 0.4) is 0 Å². The molecule has 1 aromatic heterocycles. The van der Waals surface area contributed by atoms with Crippen molar-refractivity contribution >= 4 is 17.8 Å². The lowest BCUT2D eigenvalue weighted by Crippen LogP contribution is -1.99. The highest BCUT2D eigenvalue weighted by Gasteiger charge is 2.11. The van der Waals surface area contributed by atoms with E-state index in [0.717, 1.165) is 28.8 Å². The van der Waals surface area contributed by atoms with E-state index in [9.17, 15) is 0 Å². The van der Waals surface area contributed by atoms with Crippen molar-refractivity contribution in [2.75, 3.05) is 5.75 Å². The van der Waals surface area contributed by atoms with Gasteiger partial charge in [-0.25, -0.2) is 0 Å². The van der Waals surface area contributed by atoms with E-state index in [-0.39, 0.29) is 0 Å². The molecule has 4 heteroatoms. The molecule has 0 aliphatic rings. The second-order valence-corrected chi connectivity index (χ2v) is 6.03. The topological polar surface area (TPSA) is 30.7 Å². The summed E-state index contributed by atoms with van der Waals surface area (Å²) in [6, 6.07) is 20.5. The molecule has 0 spiro atoms. The van der Waals surface area contributed by atoms with Gasteiger partial charge in [-0.3, -0.25) is 0 Å². The maximum absolute atomic E-state index is 4.36. The molecule has 3 aromatic rings. The Morgan fingerprint density at radius 3 is 2.35 bits per heavy atom. The third-order valence-electron chi connectivity index (χ3n) is 3.48. The van der Waals surface area contributed by atoms with Crippen molar-refractivity contribution in [3.63, 3.8) is 0 Å². The Bertz CT molecular complexity index is 764. The number of nitrogens with zero attached hydrogens (tertiary/aromatic N) is 3. The Morgan fingerprint density at radius 2 is 1.65 bits per heavy atom. The molecule has 3 nitrogen and oxygen atoms in total. The van der Waals surface area contributed by atoms with Crippen molar-refractivity contribution in [2.24, 2.45) is 0 Å². The lowest BCUT2D eigenvalue weighted by molar-refractivity contribution is 0.688. The van der Waals surface area contributed by atoms with Crippen LogP contribution in [0.15, 0.2) is 71.9 Å². The highest BCUT2D eigenvalue weighted by molar-refractivity contribution is 7.99. The van der Waals surface area contributed by atoms with Crippen molar-refractivity contribution in [3.8, 4) is 11.4 Å². The predicted molar refractivity (Wildman–Crippen MR) is 97.3 cm³/mol. The van der Waals surface area contributed by atoms with Gasteiger partial charge in [0.25, 0.3) is 0 Å². The van der Waals surface area contributed by atoms with E-state index in [4.69, 9.17) is 0 Å². The molecule has 23 heavy (non-hydrogen) atoms. The lowest BCUT2D eigenvalue weighted by Gasteiger charge is -2.06. The number of thioether (sulfide) groups is 1. The van der Waals surface area contributed by atoms with Crippen molar-refractivity contribution in [3.05, 3.63) is 72.3 Å². The summed E-state index contributed by atoms with van der Waals surface area (Å²) in [5.74, 6) is 1.81. The minimum Gasteiger partial charge on any atom is -0.302 e. The summed E-state index contributed by atoms with van der Waals surface area (Å²) in [6.45, 7) is 2.99. The first kappa shape index (κ1) is 15.6. The Kier molecular flexibility index (Phi) is 5.27. The molecule has 3 rings (SSSR count). The third kappa shape index (κ3) is 3.90. The molecule has 0 aliphatic carbocycles. The van der Waals surface area contributed by atoms with Crippen LogP contribution in [0.25, 0.3) is 17.5 Å². The zero-order chi connectivity index (χ0) is 15.9. The Hall–Kier alpha value is -2.33. The summed E-state index contributed by atoms with van der Waals surface area (Å²) < 4.78 is 2.16. The molecule has 116 valence electrons. The van der Waals surface area contributed by atoms with Crippen LogP contribution in [0.5, 0.6) is 0 Å². The van der Waals surface area contributed by atoms with E-state index in [0.29, 0.717) is 0 Å². The first-order valence-corrected chi connectivity index (χ1v) is 8.70. The van der Waals surface area contributed by atoms with Crippen molar-refractivity contribution in [1.82, 2.24) is 14.8 Å². The zero-order valence-electron chi connectivity index (χ0n) is 13.1. The molecule has 0 bridgehead atoms. The van der Waals surface area contributed by atoms with Crippen LogP contribution in [0.4, 0.5) is 0 Å². The summed E-state index contributed by atoms with van der Waals surface area (Å²) >= 11 is 1.71. The van der Waals surface area contributed by atoms with Gasteiger partial charge < -0.3 is 4.57 Å². The SMILES string of the molecule is CCn1c(SC/C=C/c2ccccc2)nnc1-c1ccccc1. The van der Waals surface area contributed by atoms with E-state index in [1.54, 1.807) is 11.8 Å². The van der Waals surface area contributed by atoms with E-state index < -0.39 is 0 Å². The normalized spacial score (nSPS) is 11.2. The average molecular weight is 321 g/mol. The average Bonchev–Trinajstić information content (AvgIpc) is 3.03. The second-order valence-electron chi connectivity index (χ2n) is 5.04. The maximum Gasteiger partial charge on any atom is 0.191 e. The fraction of sp³-hybridized carbons (Fsp3) is 0.158. The predicted octanol–water partition coefficient (Wildman–Crippen LogP) is 4.77. The first-order valence-electron chi connectivity index (χ1n) is 7.71. The summed E-state index contributed by atoms with van der Waals surface area (Å²) in [4.78, 5) is 0. The van der Waals surface area contributed by atoms with E-state index in [1.807, 2.05) is 36.4 Å². The summed E-state index contributed by atoms with van der Waals surface area (Å²) in [6.07, 6.45) is 4.30. The molecular formula is C19H19N3S. The summed E-state index contributed by atoms with van der Waals surface area (Å²) in [7, 11) is 0. The highest BCUT2D eigenvalue weighted by Crippen LogP contribution is 2.23. The Balaban J connectivity index is 1.69. The lowest BCUT2D eigenvalue weighted by atomic mass is 10.2. The van der Waals surface area contributed by atoms with Crippen molar-refractivity contribution in [2.45, 2.75) is 18.6 Å². The molecule has 0 fully saturated rings. The van der Waals surface area contributed by atoms with Crippen LogP contribution in [0.2, 0.25) is 0 Å². The van der Waals surface area contributed by atoms with Crippen LogP contribution < -0.4 is 0 Å². The molecule has 0 saturated heterocycles. The second kappa shape index (κ2) is 7.79. The van der Waals surface area contributed by atoms with Crippen molar-refractivity contribution in [1.29, 1.82) is 0 Å². The molecule has 1 heterocycles. The van der Waals surface area contributed by atoms with Gasteiger partial charge in [0.1, 0.15) is 0 Å². The van der Waals surface area contributed by atoms with E-state index in [2.05, 4.69) is 58.1 Å². The van der Waals surface area contributed by atoms with Gasteiger partial charge in [0.2, 0.25) is 0 Å². The van der Waals surface area contributed by atoms with Gasteiger partial charge in [0.15, 0.2) is 11.0 Å². The van der Waals surface area contributed by atoms with Gasteiger partial charge >= 0.3 is 0 Å². The quantitative estimate of drug-likeness (QED) is 0.613. The van der Waals surface area contributed by atoms with Crippen LogP contribution in [0, 0.1) is 0 Å². The van der Waals surface area contributed by atoms with Gasteiger partial charge in [0, 0.05) is 17.9 Å². The smallest absolute Gasteiger partial charge is 0.191 e. The van der Waals surface area contributed by atoms with E-state index in [1.165, 1.54) is 5.56 Å². The van der Waals surface area contributed by atoms with Gasteiger partial charge in [-0.05, 0) is 12.5 Å². The largest absolute Gasteiger partial charge is 0.302 e. The highest BCUT2D eigenvalue weighted by atomic mass is 32.2. The van der Waals surface area contributed by atoms with E-state index >= 15 is 0 Å². The molecule has 2 aromatic carbocycles. The van der Waals surface area contributed by atoms with Crippen LogP contribution in [-0.4, -0.2) is 20.5 Å². The molecule has 0 radical (unpaired) electrons. The number of hydrogen-bond acceptors (Lipinski definition) is 3. The fourth-order valence-electron chi connectivity index (χ4n) is 2.35. The Morgan fingerprint density at radius 1 is 0.957 bits per heavy atom. The van der Waals surface area contributed by atoms with Crippen LogP contribution in [0.1, 0.15) is 12.5 Å². The number of hydrogen-bond donors (Lipinski definition) is 0. The standard InChI is InChI=1S/C19H19N3S/c1-2-22-18(17-13-7-4-8-14-17)20-21-19(22)23-15-9-12-16-10-5-3-6-11-16/h3-14H,2,15H2,1H3/b12-9+. The van der Waals surface area contributed by atoms with Gasteiger partial charge in [0.05, 0.1) is 0 Å². The van der Waals surface area contributed by atoms with Gasteiger partial charge in [-0.2, -0.15) is 0 Å². The molecule has 0 unspecified atom stereocenters. The van der Waals surface area contributed by atoms with Gasteiger partial charge in [-0.15, -0.1) is 10.2 Å². The minimum absolute atomic E-state index is 0.863.